The van der Waals surface area contributed by atoms with E-state index >= 15 is 0 Å². The third-order valence-corrected chi connectivity index (χ3v) is 2.81. The Morgan fingerprint density at radius 2 is 2.10 bits per heavy atom. The second-order valence-corrected chi connectivity index (χ2v) is 4.78. The summed E-state index contributed by atoms with van der Waals surface area (Å²) in [5.74, 6) is 0.461. The van der Waals surface area contributed by atoms with Crippen molar-refractivity contribution in [1.82, 2.24) is 9.78 Å². The van der Waals surface area contributed by atoms with Crippen molar-refractivity contribution in [3.05, 3.63) is 58.5 Å². The first-order valence-corrected chi connectivity index (χ1v) is 6.64. The summed E-state index contributed by atoms with van der Waals surface area (Å²) in [6.45, 7) is 2.76. The average Bonchev–Trinajstić information content (AvgIpc) is 2.45. The summed E-state index contributed by atoms with van der Waals surface area (Å²) in [7, 11) is 0. The summed E-state index contributed by atoms with van der Waals surface area (Å²) >= 11 is 0. The number of aromatic nitrogens is 2. The van der Waals surface area contributed by atoms with Crippen molar-refractivity contribution >= 4 is 0 Å². The maximum atomic E-state index is 11.9. The Morgan fingerprint density at radius 3 is 2.75 bits per heavy atom. The van der Waals surface area contributed by atoms with Gasteiger partial charge >= 0.3 is 0 Å². The third kappa shape index (κ3) is 4.20. The predicted molar refractivity (Wildman–Crippen MR) is 77.8 cm³/mol. The summed E-state index contributed by atoms with van der Waals surface area (Å²) < 4.78 is 6.80. The maximum absolute atomic E-state index is 11.9. The second-order valence-electron chi connectivity index (χ2n) is 4.78. The number of aryl methyl sites for hydroxylation is 2. The Balaban J connectivity index is 1.97. The van der Waals surface area contributed by atoms with Crippen LogP contribution in [0, 0.1) is 0 Å². The molecule has 20 heavy (non-hydrogen) atoms. The molecule has 1 aromatic heterocycles. The van der Waals surface area contributed by atoms with E-state index in [4.69, 9.17) is 10.5 Å². The van der Waals surface area contributed by atoms with Crippen molar-refractivity contribution in [3.8, 4) is 5.75 Å². The van der Waals surface area contributed by atoms with Crippen molar-refractivity contribution in [2.24, 2.45) is 5.73 Å². The largest absolute Gasteiger partial charge is 0.490 e. The minimum absolute atomic E-state index is 0.0736. The van der Waals surface area contributed by atoms with Crippen LogP contribution in [0.4, 0.5) is 0 Å². The predicted octanol–water partition coefficient (Wildman–Crippen LogP) is 1.21. The van der Waals surface area contributed by atoms with E-state index in [0.717, 1.165) is 6.42 Å². The van der Waals surface area contributed by atoms with Gasteiger partial charge in [-0.3, -0.25) is 4.79 Å². The van der Waals surface area contributed by atoms with Gasteiger partial charge in [0.2, 0.25) is 0 Å². The summed E-state index contributed by atoms with van der Waals surface area (Å²) in [5.41, 5.74) is 6.61. The third-order valence-electron chi connectivity index (χ3n) is 2.81. The van der Waals surface area contributed by atoms with Crippen molar-refractivity contribution in [1.29, 1.82) is 0 Å². The molecular formula is C15H19N3O2. The van der Waals surface area contributed by atoms with Crippen LogP contribution in [0.25, 0.3) is 0 Å². The minimum atomic E-state index is -0.164. The minimum Gasteiger partial charge on any atom is -0.490 e. The fourth-order valence-corrected chi connectivity index (χ4v) is 1.77. The smallest absolute Gasteiger partial charge is 0.270 e. The van der Waals surface area contributed by atoms with Crippen LogP contribution in [-0.4, -0.2) is 22.4 Å². The molecule has 1 unspecified atom stereocenters. The maximum Gasteiger partial charge on any atom is 0.270 e. The van der Waals surface area contributed by atoms with Crippen LogP contribution in [0.2, 0.25) is 0 Å². The molecule has 0 amide bonds. The van der Waals surface area contributed by atoms with E-state index in [2.05, 4.69) is 5.10 Å². The van der Waals surface area contributed by atoms with E-state index < -0.39 is 0 Å². The highest BCUT2D eigenvalue weighted by Gasteiger charge is 2.03. The quantitative estimate of drug-likeness (QED) is 0.859. The van der Waals surface area contributed by atoms with Gasteiger partial charge in [0.25, 0.3) is 5.56 Å². The summed E-state index contributed by atoms with van der Waals surface area (Å²) in [6.07, 6.45) is 2.32. The van der Waals surface area contributed by atoms with Crippen LogP contribution in [-0.2, 0) is 13.0 Å². The zero-order valence-corrected chi connectivity index (χ0v) is 11.5. The summed E-state index contributed by atoms with van der Waals surface area (Å²) in [4.78, 5) is 11.9. The van der Waals surface area contributed by atoms with Crippen molar-refractivity contribution in [3.63, 3.8) is 0 Å². The van der Waals surface area contributed by atoms with Gasteiger partial charge in [0, 0.05) is 18.7 Å². The van der Waals surface area contributed by atoms with Gasteiger partial charge in [-0.2, -0.15) is 5.10 Å². The Morgan fingerprint density at radius 1 is 1.35 bits per heavy atom. The Labute approximate surface area is 118 Å². The molecule has 0 spiro atoms. The number of hydrogen-bond donors (Lipinski definition) is 1. The van der Waals surface area contributed by atoms with E-state index in [1.165, 1.54) is 16.3 Å². The van der Waals surface area contributed by atoms with Crippen LogP contribution in [0.1, 0.15) is 12.5 Å². The lowest BCUT2D eigenvalue weighted by molar-refractivity contribution is 0.292. The topological polar surface area (TPSA) is 70.1 Å². The van der Waals surface area contributed by atoms with Gasteiger partial charge in [0.15, 0.2) is 0 Å². The molecule has 0 saturated carbocycles. The second kappa shape index (κ2) is 6.86. The first kappa shape index (κ1) is 14.3. The Kier molecular flexibility index (Phi) is 4.90. The van der Waals surface area contributed by atoms with Crippen molar-refractivity contribution < 1.29 is 4.74 Å². The molecule has 2 rings (SSSR count). The highest BCUT2D eigenvalue weighted by atomic mass is 16.5. The van der Waals surface area contributed by atoms with Crippen LogP contribution in [0.5, 0.6) is 5.75 Å². The van der Waals surface area contributed by atoms with E-state index in [0.29, 0.717) is 18.9 Å². The number of nitrogens with zero attached hydrogens (tertiary/aromatic N) is 2. The standard InChI is InChI=1S/C15H19N3O2/c1-12(16)11-20-14-9-15(19)18(17-10-14)8-7-13-5-3-2-4-6-13/h2-6,9-10,12H,7-8,11,16H2,1H3. The molecule has 0 bridgehead atoms. The van der Waals surface area contributed by atoms with E-state index in [1.54, 1.807) is 6.20 Å². The number of ether oxygens (including phenoxy) is 1. The first-order valence-electron chi connectivity index (χ1n) is 6.64. The molecule has 0 fully saturated rings. The van der Waals surface area contributed by atoms with Crippen LogP contribution in [0.3, 0.4) is 0 Å². The highest BCUT2D eigenvalue weighted by molar-refractivity contribution is 5.15. The van der Waals surface area contributed by atoms with E-state index in [1.807, 2.05) is 37.3 Å². The lowest BCUT2D eigenvalue weighted by Gasteiger charge is -2.09. The number of nitrogens with two attached hydrogens (primary N) is 1. The zero-order chi connectivity index (χ0) is 14.4. The molecule has 2 aromatic rings. The van der Waals surface area contributed by atoms with Gasteiger partial charge in [0.1, 0.15) is 12.4 Å². The van der Waals surface area contributed by atoms with E-state index in [-0.39, 0.29) is 11.6 Å². The summed E-state index contributed by atoms with van der Waals surface area (Å²) in [5, 5.41) is 4.11. The van der Waals surface area contributed by atoms with Gasteiger partial charge in [-0.25, -0.2) is 4.68 Å². The Bertz CT molecular complexity index is 594. The molecule has 1 heterocycles. The van der Waals surface area contributed by atoms with Crippen molar-refractivity contribution in [2.45, 2.75) is 25.9 Å². The van der Waals surface area contributed by atoms with Gasteiger partial charge in [-0.15, -0.1) is 0 Å². The van der Waals surface area contributed by atoms with Crippen LogP contribution >= 0.6 is 0 Å². The fourth-order valence-electron chi connectivity index (χ4n) is 1.77. The normalized spacial score (nSPS) is 12.1. The molecule has 5 heteroatoms. The van der Waals surface area contributed by atoms with Gasteiger partial charge in [-0.1, -0.05) is 30.3 Å². The Hall–Kier alpha value is -2.14. The monoisotopic (exact) mass is 273 g/mol. The van der Waals surface area contributed by atoms with Crippen LogP contribution in [0.15, 0.2) is 47.4 Å². The molecule has 1 aromatic carbocycles. The summed E-state index contributed by atoms with van der Waals surface area (Å²) in [6, 6.07) is 11.4. The molecule has 0 saturated heterocycles. The average molecular weight is 273 g/mol. The van der Waals surface area contributed by atoms with Gasteiger partial charge in [0.05, 0.1) is 6.20 Å². The molecule has 5 nitrogen and oxygen atoms in total. The van der Waals surface area contributed by atoms with Gasteiger partial charge in [-0.05, 0) is 18.9 Å². The zero-order valence-electron chi connectivity index (χ0n) is 11.5. The molecule has 2 N–H and O–H groups in total. The first-order chi connectivity index (χ1) is 9.65. The molecule has 0 aliphatic heterocycles. The van der Waals surface area contributed by atoms with E-state index in [9.17, 15) is 4.79 Å². The SMILES string of the molecule is CC(N)COc1cnn(CCc2ccccc2)c(=O)c1. The fraction of sp³-hybridized carbons (Fsp3) is 0.333. The molecular weight excluding hydrogens is 254 g/mol. The van der Waals surface area contributed by atoms with Crippen LogP contribution < -0.4 is 16.0 Å². The lowest BCUT2D eigenvalue weighted by atomic mass is 10.1. The van der Waals surface area contributed by atoms with Crippen molar-refractivity contribution in [2.75, 3.05) is 6.61 Å². The number of rotatable bonds is 6. The molecule has 1 atom stereocenters. The molecule has 0 radical (unpaired) electrons. The number of benzene rings is 1. The highest BCUT2D eigenvalue weighted by Crippen LogP contribution is 2.05. The lowest BCUT2D eigenvalue weighted by Crippen LogP contribution is -2.26. The molecule has 0 aliphatic rings. The molecule has 106 valence electrons. The number of hydrogen-bond acceptors (Lipinski definition) is 4. The van der Waals surface area contributed by atoms with Gasteiger partial charge < -0.3 is 10.5 Å². The molecule has 0 aliphatic carbocycles.